The number of hydrogen-bond acceptors (Lipinski definition) is 3. The summed E-state index contributed by atoms with van der Waals surface area (Å²) in [6, 6.07) is 5.26. The van der Waals surface area contributed by atoms with E-state index >= 15 is 0 Å². The van der Waals surface area contributed by atoms with Crippen LogP contribution in [0.4, 0.5) is 5.69 Å². The van der Waals surface area contributed by atoms with E-state index in [0.29, 0.717) is 18.8 Å². The molecule has 1 aromatic carbocycles. The first-order valence-corrected chi connectivity index (χ1v) is 6.75. The van der Waals surface area contributed by atoms with Gasteiger partial charge in [-0.1, -0.05) is 25.4 Å². The largest absolute Gasteiger partial charge is 0.374 e. The Balaban J connectivity index is 2.13. The Bertz CT molecular complexity index is 514. The van der Waals surface area contributed by atoms with E-state index in [9.17, 15) is 9.59 Å². The molecule has 1 fully saturated rings. The lowest BCUT2D eigenvalue weighted by molar-refractivity contribution is -0.133. The molecular weight excluding hydrogens is 264 g/mol. The molecule has 1 atom stereocenters. The Morgan fingerprint density at radius 2 is 2.11 bits per heavy atom. The number of nitrogens with one attached hydrogen (secondary N) is 2. The van der Waals surface area contributed by atoms with Gasteiger partial charge in [0, 0.05) is 17.1 Å². The van der Waals surface area contributed by atoms with Crippen molar-refractivity contribution in [3.63, 3.8) is 0 Å². The Morgan fingerprint density at radius 3 is 2.74 bits per heavy atom. The van der Waals surface area contributed by atoms with Gasteiger partial charge in [-0.05, 0) is 36.1 Å². The summed E-state index contributed by atoms with van der Waals surface area (Å²) in [6.45, 7) is 4.13. The molecule has 4 nitrogen and oxygen atoms in total. The van der Waals surface area contributed by atoms with E-state index in [4.69, 9.17) is 11.6 Å². The van der Waals surface area contributed by atoms with Crippen molar-refractivity contribution in [2.45, 2.75) is 38.6 Å². The first-order valence-electron chi connectivity index (χ1n) is 6.37. The molecular formula is C14H17ClN2O2. The quantitative estimate of drug-likeness (QED) is 0.837. The molecule has 1 saturated heterocycles. The van der Waals surface area contributed by atoms with Gasteiger partial charge in [-0.3, -0.25) is 14.9 Å². The fourth-order valence-electron chi connectivity index (χ4n) is 2.11. The average Bonchev–Trinajstić information content (AvgIpc) is 2.34. The minimum absolute atomic E-state index is 0.206. The molecule has 0 bridgehead atoms. The molecule has 1 heterocycles. The summed E-state index contributed by atoms with van der Waals surface area (Å²) < 4.78 is 0. The van der Waals surface area contributed by atoms with Crippen molar-refractivity contribution in [3.05, 3.63) is 28.8 Å². The fourth-order valence-corrected chi connectivity index (χ4v) is 2.44. The van der Waals surface area contributed by atoms with E-state index in [2.05, 4.69) is 24.5 Å². The first-order chi connectivity index (χ1) is 8.97. The van der Waals surface area contributed by atoms with Gasteiger partial charge >= 0.3 is 0 Å². The molecule has 1 aliphatic rings. The van der Waals surface area contributed by atoms with Crippen molar-refractivity contribution in [3.8, 4) is 0 Å². The summed E-state index contributed by atoms with van der Waals surface area (Å²) in [5.41, 5.74) is 1.89. The molecule has 0 radical (unpaired) electrons. The molecule has 102 valence electrons. The SMILES string of the molecule is CC(C)c1cc(NC2CCC(=O)NC2=O)ccc1Cl. The maximum Gasteiger partial charge on any atom is 0.249 e. The van der Waals surface area contributed by atoms with Crippen LogP contribution in [-0.4, -0.2) is 17.9 Å². The lowest BCUT2D eigenvalue weighted by Crippen LogP contribution is -2.47. The minimum Gasteiger partial charge on any atom is -0.374 e. The number of piperidine rings is 1. The van der Waals surface area contributed by atoms with E-state index in [0.717, 1.165) is 16.3 Å². The van der Waals surface area contributed by atoms with Crippen LogP contribution in [-0.2, 0) is 9.59 Å². The van der Waals surface area contributed by atoms with Gasteiger partial charge in [-0.2, -0.15) is 0 Å². The van der Waals surface area contributed by atoms with E-state index in [1.807, 2.05) is 18.2 Å². The molecule has 2 rings (SSSR count). The Hall–Kier alpha value is -1.55. The number of carbonyl (C=O) groups is 2. The third-order valence-electron chi connectivity index (χ3n) is 3.20. The van der Waals surface area contributed by atoms with Gasteiger partial charge < -0.3 is 5.32 Å². The van der Waals surface area contributed by atoms with Crippen molar-refractivity contribution < 1.29 is 9.59 Å². The van der Waals surface area contributed by atoms with Gasteiger partial charge in [-0.25, -0.2) is 0 Å². The highest BCUT2D eigenvalue weighted by atomic mass is 35.5. The number of imide groups is 1. The first kappa shape index (κ1) is 13.9. The number of carbonyl (C=O) groups excluding carboxylic acids is 2. The fraction of sp³-hybridized carbons (Fsp3) is 0.429. The zero-order valence-corrected chi connectivity index (χ0v) is 11.8. The lowest BCUT2D eigenvalue weighted by atomic mass is 10.0. The normalized spacial score (nSPS) is 19.5. The summed E-state index contributed by atoms with van der Waals surface area (Å²) in [6.07, 6.45) is 0.887. The van der Waals surface area contributed by atoms with E-state index in [1.54, 1.807) is 0 Å². The van der Waals surface area contributed by atoms with Crippen LogP contribution in [0.25, 0.3) is 0 Å². The van der Waals surface area contributed by atoms with Crippen LogP contribution in [0, 0.1) is 0 Å². The second kappa shape index (κ2) is 5.61. The standard InChI is InChI=1S/C14H17ClN2O2/c1-8(2)10-7-9(3-4-11(10)15)16-12-5-6-13(18)17-14(12)19/h3-4,7-8,12,16H,5-6H2,1-2H3,(H,17,18,19). The van der Waals surface area contributed by atoms with Crippen LogP contribution < -0.4 is 10.6 Å². The van der Waals surface area contributed by atoms with Crippen LogP contribution in [0.5, 0.6) is 0 Å². The monoisotopic (exact) mass is 280 g/mol. The number of rotatable bonds is 3. The Morgan fingerprint density at radius 1 is 1.37 bits per heavy atom. The topological polar surface area (TPSA) is 58.2 Å². The minimum atomic E-state index is -0.362. The summed E-state index contributed by atoms with van der Waals surface area (Å²) in [5.74, 6) is -0.157. The van der Waals surface area contributed by atoms with E-state index in [-0.39, 0.29) is 17.9 Å². The number of anilines is 1. The van der Waals surface area contributed by atoms with Crippen molar-refractivity contribution in [2.24, 2.45) is 0 Å². The Kier molecular flexibility index (Phi) is 4.10. The third-order valence-corrected chi connectivity index (χ3v) is 3.54. The molecule has 0 aliphatic carbocycles. The summed E-state index contributed by atoms with van der Waals surface area (Å²) in [4.78, 5) is 22.8. The molecule has 19 heavy (non-hydrogen) atoms. The summed E-state index contributed by atoms with van der Waals surface area (Å²) >= 11 is 6.13. The lowest BCUT2D eigenvalue weighted by Gasteiger charge is -2.23. The van der Waals surface area contributed by atoms with Gasteiger partial charge in [0.25, 0.3) is 0 Å². The van der Waals surface area contributed by atoms with Gasteiger partial charge in [0.15, 0.2) is 0 Å². The zero-order valence-electron chi connectivity index (χ0n) is 11.0. The number of halogens is 1. The maximum atomic E-state index is 11.7. The molecule has 5 heteroatoms. The summed E-state index contributed by atoms with van der Waals surface area (Å²) in [7, 11) is 0. The van der Waals surface area contributed by atoms with Crippen LogP contribution in [0.2, 0.25) is 5.02 Å². The average molecular weight is 281 g/mol. The Labute approximate surface area is 117 Å². The van der Waals surface area contributed by atoms with Crippen molar-refractivity contribution in [1.29, 1.82) is 0 Å². The van der Waals surface area contributed by atoms with Crippen LogP contribution in [0.3, 0.4) is 0 Å². The molecule has 0 aromatic heterocycles. The summed E-state index contributed by atoms with van der Waals surface area (Å²) in [5, 5.41) is 6.21. The number of benzene rings is 1. The second-order valence-corrected chi connectivity index (χ2v) is 5.45. The van der Waals surface area contributed by atoms with Crippen molar-refractivity contribution in [2.75, 3.05) is 5.32 Å². The van der Waals surface area contributed by atoms with Crippen molar-refractivity contribution >= 4 is 29.1 Å². The molecule has 0 spiro atoms. The predicted molar refractivity (Wildman–Crippen MR) is 75.3 cm³/mol. The van der Waals surface area contributed by atoms with Gasteiger partial charge in [0.2, 0.25) is 11.8 Å². The number of hydrogen-bond donors (Lipinski definition) is 2. The highest BCUT2D eigenvalue weighted by molar-refractivity contribution is 6.31. The zero-order chi connectivity index (χ0) is 14.0. The third kappa shape index (κ3) is 3.26. The predicted octanol–water partition coefficient (Wildman–Crippen LogP) is 2.68. The number of amides is 2. The molecule has 2 amide bonds. The second-order valence-electron chi connectivity index (χ2n) is 5.04. The molecule has 1 unspecified atom stereocenters. The van der Waals surface area contributed by atoms with Crippen molar-refractivity contribution in [1.82, 2.24) is 5.32 Å². The van der Waals surface area contributed by atoms with E-state index in [1.165, 1.54) is 0 Å². The van der Waals surface area contributed by atoms with Gasteiger partial charge in [0.1, 0.15) is 6.04 Å². The maximum absolute atomic E-state index is 11.7. The smallest absolute Gasteiger partial charge is 0.249 e. The molecule has 1 aliphatic heterocycles. The van der Waals surface area contributed by atoms with Crippen LogP contribution in [0.1, 0.15) is 38.2 Å². The highest BCUT2D eigenvalue weighted by Crippen LogP contribution is 2.27. The van der Waals surface area contributed by atoms with E-state index < -0.39 is 0 Å². The molecule has 1 aromatic rings. The molecule has 2 N–H and O–H groups in total. The van der Waals surface area contributed by atoms with Gasteiger partial charge in [-0.15, -0.1) is 0 Å². The highest BCUT2D eigenvalue weighted by Gasteiger charge is 2.26. The van der Waals surface area contributed by atoms with Crippen LogP contribution >= 0.6 is 11.6 Å². The van der Waals surface area contributed by atoms with Crippen LogP contribution in [0.15, 0.2) is 18.2 Å². The molecule has 0 saturated carbocycles. The van der Waals surface area contributed by atoms with Gasteiger partial charge in [0.05, 0.1) is 0 Å².